The van der Waals surface area contributed by atoms with Crippen molar-refractivity contribution in [3.8, 4) is 0 Å². The molecule has 0 atom stereocenters. The molecule has 100 valence electrons. The molecule has 0 radical (unpaired) electrons. The highest BCUT2D eigenvalue weighted by Gasteiger charge is 2.42. The Hall–Kier alpha value is -2.00. The topological polar surface area (TPSA) is 69.2 Å². The lowest BCUT2D eigenvalue weighted by Crippen LogP contribution is -2.14. The van der Waals surface area contributed by atoms with Gasteiger partial charge in [-0.2, -0.15) is 26.3 Å². The first kappa shape index (κ1) is 14.1. The molecule has 0 heterocycles. The molecule has 0 bridgehead atoms. The molecule has 0 aliphatic carbocycles. The van der Waals surface area contributed by atoms with Crippen LogP contribution in [0, 0.1) is 10.1 Å². The number of nitrogen functional groups attached to an aromatic ring is 1. The van der Waals surface area contributed by atoms with E-state index in [9.17, 15) is 36.5 Å². The van der Waals surface area contributed by atoms with Crippen LogP contribution in [0.3, 0.4) is 0 Å². The molecule has 0 spiro atoms. The first-order chi connectivity index (χ1) is 7.94. The maximum atomic E-state index is 12.4. The summed E-state index contributed by atoms with van der Waals surface area (Å²) in [6.07, 6.45) is -10.2. The molecule has 1 rings (SSSR count). The summed E-state index contributed by atoms with van der Waals surface area (Å²) in [7, 11) is 0. The Morgan fingerprint density at radius 1 is 1.00 bits per heavy atom. The van der Waals surface area contributed by atoms with Gasteiger partial charge in [-0.25, -0.2) is 0 Å². The summed E-state index contributed by atoms with van der Waals surface area (Å²) in [5, 5.41) is 10.4. The fraction of sp³-hybridized carbons (Fsp3) is 0.250. The summed E-state index contributed by atoms with van der Waals surface area (Å²) in [6, 6.07) is -0.320. The van der Waals surface area contributed by atoms with Gasteiger partial charge in [0.25, 0.3) is 5.69 Å². The molecule has 18 heavy (non-hydrogen) atoms. The number of rotatable bonds is 1. The summed E-state index contributed by atoms with van der Waals surface area (Å²) in [5.74, 6) is 0. The van der Waals surface area contributed by atoms with Crippen LogP contribution in [0.2, 0.25) is 0 Å². The van der Waals surface area contributed by atoms with E-state index in [1.807, 2.05) is 0 Å². The number of nitro benzene ring substituents is 1. The number of nitrogens with zero attached hydrogens (tertiary/aromatic N) is 1. The molecule has 10 heteroatoms. The van der Waals surface area contributed by atoms with E-state index in [1.165, 1.54) is 0 Å². The molecule has 2 N–H and O–H groups in total. The zero-order valence-electron chi connectivity index (χ0n) is 8.26. The lowest BCUT2D eigenvalue weighted by Gasteiger charge is -2.13. The fourth-order valence-electron chi connectivity index (χ4n) is 1.23. The van der Waals surface area contributed by atoms with Gasteiger partial charge < -0.3 is 5.73 Å². The fourth-order valence-corrected chi connectivity index (χ4v) is 1.23. The van der Waals surface area contributed by atoms with E-state index in [-0.39, 0.29) is 12.1 Å². The molecular weight excluding hydrogens is 270 g/mol. The molecule has 0 aliphatic heterocycles. The predicted molar refractivity (Wildman–Crippen MR) is 47.5 cm³/mol. The predicted octanol–water partition coefficient (Wildman–Crippen LogP) is 3.21. The van der Waals surface area contributed by atoms with Crippen LogP contribution in [0.25, 0.3) is 0 Å². The molecule has 0 aliphatic rings. The van der Waals surface area contributed by atoms with Crippen LogP contribution in [-0.4, -0.2) is 4.92 Å². The summed E-state index contributed by atoms with van der Waals surface area (Å²) in [6.45, 7) is 0. The van der Waals surface area contributed by atoms with Gasteiger partial charge in [-0.1, -0.05) is 0 Å². The number of halogens is 6. The average molecular weight is 274 g/mol. The van der Waals surface area contributed by atoms with Gasteiger partial charge in [0, 0.05) is 11.8 Å². The van der Waals surface area contributed by atoms with Crippen molar-refractivity contribution in [2.24, 2.45) is 0 Å². The number of alkyl halides is 6. The van der Waals surface area contributed by atoms with Gasteiger partial charge in [-0.15, -0.1) is 0 Å². The Balaban J connectivity index is 3.60. The molecule has 0 saturated carbocycles. The molecule has 1 aromatic carbocycles. The average Bonchev–Trinajstić information content (AvgIpc) is 2.13. The van der Waals surface area contributed by atoms with Crippen LogP contribution in [0.4, 0.5) is 37.7 Å². The second-order valence-corrected chi connectivity index (χ2v) is 3.21. The Morgan fingerprint density at radius 2 is 1.44 bits per heavy atom. The van der Waals surface area contributed by atoms with Gasteiger partial charge in [0.05, 0.1) is 10.5 Å². The van der Waals surface area contributed by atoms with Crippen LogP contribution in [0.1, 0.15) is 11.1 Å². The Labute approximate surface area is 95.1 Å². The number of nitrogens with two attached hydrogens (primary N) is 1. The van der Waals surface area contributed by atoms with Crippen molar-refractivity contribution in [1.82, 2.24) is 0 Å². The largest absolute Gasteiger partial charge is 0.423 e. The van der Waals surface area contributed by atoms with Crippen molar-refractivity contribution >= 4 is 11.4 Å². The zero-order valence-corrected chi connectivity index (χ0v) is 8.26. The molecule has 0 unspecified atom stereocenters. The Morgan fingerprint density at radius 3 is 1.78 bits per heavy atom. The van der Waals surface area contributed by atoms with E-state index in [2.05, 4.69) is 0 Å². The van der Waals surface area contributed by atoms with Crippen LogP contribution in [0.15, 0.2) is 12.1 Å². The standard InChI is InChI=1S/C8H4F6N2O2/c9-7(10,11)3-2-6(16(17)18)4(1-5(3)15)8(12,13)14/h1-2H,15H2. The van der Waals surface area contributed by atoms with Gasteiger partial charge in [0.1, 0.15) is 5.56 Å². The van der Waals surface area contributed by atoms with Crippen LogP contribution >= 0.6 is 0 Å². The van der Waals surface area contributed by atoms with Gasteiger partial charge in [-0.05, 0) is 6.07 Å². The van der Waals surface area contributed by atoms with Crippen LogP contribution < -0.4 is 5.73 Å². The first-order valence-electron chi connectivity index (χ1n) is 4.17. The normalized spacial score (nSPS) is 12.6. The number of anilines is 1. The maximum Gasteiger partial charge on any atom is 0.423 e. The summed E-state index contributed by atoms with van der Waals surface area (Å²) < 4.78 is 74.1. The molecule has 0 aromatic heterocycles. The summed E-state index contributed by atoms with van der Waals surface area (Å²) in [4.78, 5) is 8.81. The lowest BCUT2D eigenvalue weighted by molar-refractivity contribution is -0.388. The number of nitro groups is 1. The quantitative estimate of drug-likeness (QED) is 0.370. The zero-order chi connectivity index (χ0) is 14.3. The van der Waals surface area contributed by atoms with E-state index in [4.69, 9.17) is 5.73 Å². The highest BCUT2D eigenvalue weighted by molar-refractivity contribution is 5.59. The highest BCUT2D eigenvalue weighted by Crippen LogP contribution is 2.42. The number of benzene rings is 1. The lowest BCUT2D eigenvalue weighted by atomic mass is 10.1. The van der Waals surface area contributed by atoms with Crippen molar-refractivity contribution in [3.05, 3.63) is 33.4 Å². The third kappa shape index (κ3) is 2.63. The summed E-state index contributed by atoms with van der Waals surface area (Å²) >= 11 is 0. The van der Waals surface area contributed by atoms with E-state index in [0.717, 1.165) is 0 Å². The van der Waals surface area contributed by atoms with E-state index >= 15 is 0 Å². The second-order valence-electron chi connectivity index (χ2n) is 3.21. The van der Waals surface area contributed by atoms with E-state index in [1.54, 1.807) is 0 Å². The minimum atomic E-state index is -5.17. The maximum absolute atomic E-state index is 12.4. The van der Waals surface area contributed by atoms with Gasteiger partial charge in [0.2, 0.25) is 0 Å². The van der Waals surface area contributed by atoms with Crippen molar-refractivity contribution in [3.63, 3.8) is 0 Å². The second kappa shape index (κ2) is 4.03. The Bertz CT molecular complexity index is 494. The van der Waals surface area contributed by atoms with Gasteiger partial charge in [-0.3, -0.25) is 10.1 Å². The minimum absolute atomic E-state index is 0.0963. The van der Waals surface area contributed by atoms with Crippen LogP contribution in [-0.2, 0) is 12.4 Å². The third-order valence-corrected chi connectivity index (χ3v) is 1.98. The van der Waals surface area contributed by atoms with Crippen molar-refractivity contribution in [2.45, 2.75) is 12.4 Å². The van der Waals surface area contributed by atoms with Gasteiger partial charge >= 0.3 is 12.4 Å². The van der Waals surface area contributed by atoms with Crippen LogP contribution in [0.5, 0.6) is 0 Å². The van der Waals surface area contributed by atoms with Crippen molar-refractivity contribution in [1.29, 1.82) is 0 Å². The molecule has 4 nitrogen and oxygen atoms in total. The number of hydrogen-bond acceptors (Lipinski definition) is 3. The highest BCUT2D eigenvalue weighted by atomic mass is 19.4. The molecular formula is C8H4F6N2O2. The molecule has 0 amide bonds. The monoisotopic (exact) mass is 274 g/mol. The molecule has 1 aromatic rings. The van der Waals surface area contributed by atoms with E-state index in [0.29, 0.717) is 0 Å². The Kier molecular flexibility index (Phi) is 3.15. The van der Waals surface area contributed by atoms with Crippen molar-refractivity contribution in [2.75, 3.05) is 5.73 Å². The third-order valence-electron chi connectivity index (χ3n) is 1.98. The minimum Gasteiger partial charge on any atom is -0.398 e. The smallest absolute Gasteiger partial charge is 0.398 e. The first-order valence-corrected chi connectivity index (χ1v) is 4.17. The van der Waals surface area contributed by atoms with Crippen molar-refractivity contribution < 1.29 is 31.3 Å². The SMILES string of the molecule is Nc1cc(C(F)(F)F)c([N+](=O)[O-])cc1C(F)(F)F. The molecule has 0 fully saturated rings. The number of hydrogen-bond donors (Lipinski definition) is 1. The molecule has 0 saturated heterocycles. The van der Waals surface area contributed by atoms with Gasteiger partial charge in [0.15, 0.2) is 0 Å². The summed E-state index contributed by atoms with van der Waals surface area (Å²) in [5.41, 5.74) is -1.58. The van der Waals surface area contributed by atoms with E-state index < -0.39 is 39.8 Å².